The Hall–Kier alpha value is -1.06. The minimum atomic E-state index is -3.33. The summed E-state index contributed by atoms with van der Waals surface area (Å²) >= 11 is 2.63. The zero-order chi connectivity index (χ0) is 15.6. The van der Waals surface area contributed by atoms with Crippen LogP contribution in [0.25, 0.3) is 0 Å². The van der Waals surface area contributed by atoms with Crippen LogP contribution < -0.4 is 0 Å². The Morgan fingerprint density at radius 1 is 1.48 bits per heavy atom. The predicted molar refractivity (Wildman–Crippen MR) is 81.8 cm³/mol. The summed E-state index contributed by atoms with van der Waals surface area (Å²) in [6, 6.07) is 1.01. The number of aliphatic carboxylic acids is 1. The van der Waals surface area contributed by atoms with Gasteiger partial charge in [-0.3, -0.25) is 9.59 Å². The number of hydrogen-bond donors (Lipinski definition) is 1. The van der Waals surface area contributed by atoms with Gasteiger partial charge in [-0.15, -0.1) is 11.3 Å². The molecule has 0 aliphatic carbocycles. The number of thiophene rings is 1. The number of carboxylic acid groups (broad SMARTS) is 1. The number of carbonyl (C=O) groups is 2. The van der Waals surface area contributed by atoms with Gasteiger partial charge >= 0.3 is 5.97 Å². The topological polar surface area (TPSA) is 91.8 Å². The Labute approximate surface area is 131 Å². The molecule has 1 unspecified atom stereocenters. The van der Waals surface area contributed by atoms with Crippen molar-refractivity contribution in [2.75, 3.05) is 24.3 Å². The lowest BCUT2D eigenvalue weighted by atomic mass is 10.1. The van der Waals surface area contributed by atoms with Gasteiger partial charge in [0, 0.05) is 29.7 Å². The zero-order valence-electron chi connectivity index (χ0n) is 11.3. The summed E-state index contributed by atoms with van der Waals surface area (Å²) in [5, 5.41) is 10.4. The molecule has 116 valence electrons. The van der Waals surface area contributed by atoms with Crippen LogP contribution in [0.5, 0.6) is 0 Å². The van der Waals surface area contributed by atoms with E-state index < -0.39 is 15.8 Å². The van der Waals surface area contributed by atoms with E-state index in [0.29, 0.717) is 17.9 Å². The monoisotopic (exact) mass is 349 g/mol. The molecule has 1 aromatic heterocycles. The molecular weight excluding hydrogens is 334 g/mol. The molecule has 1 N–H and O–H groups in total. The van der Waals surface area contributed by atoms with Crippen LogP contribution in [0, 0.1) is 0 Å². The first-order valence-electron chi connectivity index (χ1n) is 6.18. The summed E-state index contributed by atoms with van der Waals surface area (Å²) in [5.74, 6) is 0.0987. The fourth-order valence-corrected chi connectivity index (χ4v) is 4.94. The fraction of sp³-hybridized carbons (Fsp3) is 0.500. The van der Waals surface area contributed by atoms with E-state index in [0.717, 1.165) is 23.3 Å². The van der Waals surface area contributed by atoms with Crippen LogP contribution in [-0.4, -0.2) is 60.6 Å². The SMILES string of the molecule is CS(=O)(=O)c1cc(C(=O)N2CCSCC2CC(=O)O)cs1. The Morgan fingerprint density at radius 2 is 2.19 bits per heavy atom. The van der Waals surface area contributed by atoms with Crippen molar-refractivity contribution in [1.82, 2.24) is 4.90 Å². The average molecular weight is 349 g/mol. The van der Waals surface area contributed by atoms with Gasteiger partial charge in [0.05, 0.1) is 18.0 Å². The second-order valence-corrected chi connectivity index (χ2v) is 9.06. The Bertz CT molecular complexity index is 652. The van der Waals surface area contributed by atoms with Crippen LogP contribution in [-0.2, 0) is 14.6 Å². The van der Waals surface area contributed by atoms with E-state index in [4.69, 9.17) is 5.11 Å². The van der Waals surface area contributed by atoms with Gasteiger partial charge in [-0.25, -0.2) is 8.42 Å². The molecule has 1 aliphatic heterocycles. The molecule has 9 heteroatoms. The molecule has 6 nitrogen and oxygen atoms in total. The molecule has 1 amide bonds. The van der Waals surface area contributed by atoms with Crippen LogP contribution in [0.1, 0.15) is 16.8 Å². The third-order valence-corrected chi connectivity index (χ3v) is 6.95. The van der Waals surface area contributed by atoms with Crippen LogP contribution in [0.4, 0.5) is 0 Å². The van der Waals surface area contributed by atoms with Crippen molar-refractivity contribution in [2.45, 2.75) is 16.7 Å². The number of carboxylic acids is 1. The second kappa shape index (κ2) is 6.37. The molecule has 2 heterocycles. The highest BCUT2D eigenvalue weighted by molar-refractivity contribution is 7.99. The number of nitrogens with zero attached hydrogens (tertiary/aromatic N) is 1. The number of hydrogen-bond acceptors (Lipinski definition) is 6. The first kappa shape index (κ1) is 16.3. The molecule has 1 atom stereocenters. The van der Waals surface area contributed by atoms with Crippen LogP contribution in [0.3, 0.4) is 0 Å². The molecule has 1 aliphatic rings. The van der Waals surface area contributed by atoms with E-state index >= 15 is 0 Å². The van der Waals surface area contributed by atoms with E-state index in [1.165, 1.54) is 11.4 Å². The molecule has 0 aromatic carbocycles. The second-order valence-electron chi connectivity index (χ2n) is 4.75. The van der Waals surface area contributed by atoms with Crippen LogP contribution in [0.15, 0.2) is 15.7 Å². The van der Waals surface area contributed by atoms with E-state index in [-0.39, 0.29) is 22.6 Å². The van der Waals surface area contributed by atoms with Crippen molar-refractivity contribution in [1.29, 1.82) is 0 Å². The van der Waals surface area contributed by atoms with Crippen molar-refractivity contribution in [3.8, 4) is 0 Å². The fourth-order valence-electron chi connectivity index (χ4n) is 2.08. The lowest BCUT2D eigenvalue weighted by Gasteiger charge is -2.34. The predicted octanol–water partition coefficient (Wildman–Crippen LogP) is 1.18. The van der Waals surface area contributed by atoms with Crippen LogP contribution >= 0.6 is 23.1 Å². The number of rotatable bonds is 4. The lowest BCUT2D eigenvalue weighted by molar-refractivity contribution is -0.138. The molecule has 1 fully saturated rings. The minimum absolute atomic E-state index is 0.0954. The highest BCUT2D eigenvalue weighted by Gasteiger charge is 2.30. The molecule has 0 saturated carbocycles. The molecule has 1 aromatic rings. The summed E-state index contributed by atoms with van der Waals surface area (Å²) in [4.78, 5) is 24.9. The van der Waals surface area contributed by atoms with Gasteiger partial charge in [-0.2, -0.15) is 11.8 Å². The highest BCUT2D eigenvalue weighted by atomic mass is 32.2. The Kier molecular flexibility index (Phi) is 4.95. The first-order valence-corrected chi connectivity index (χ1v) is 10.1. The van der Waals surface area contributed by atoms with E-state index in [2.05, 4.69) is 0 Å². The van der Waals surface area contributed by atoms with Gasteiger partial charge in [0.2, 0.25) is 0 Å². The Balaban J connectivity index is 2.20. The largest absolute Gasteiger partial charge is 0.481 e. The van der Waals surface area contributed by atoms with E-state index in [1.807, 2.05) is 0 Å². The molecule has 1 saturated heterocycles. The smallest absolute Gasteiger partial charge is 0.305 e. The summed E-state index contributed by atoms with van der Waals surface area (Å²) < 4.78 is 23.1. The van der Waals surface area contributed by atoms with Crippen molar-refractivity contribution in [3.05, 3.63) is 17.0 Å². The van der Waals surface area contributed by atoms with Crippen molar-refractivity contribution in [2.24, 2.45) is 0 Å². The van der Waals surface area contributed by atoms with Gasteiger partial charge in [0.15, 0.2) is 9.84 Å². The van der Waals surface area contributed by atoms with Gasteiger partial charge < -0.3 is 10.0 Å². The normalized spacial score (nSPS) is 19.5. The number of sulfone groups is 1. The quantitative estimate of drug-likeness (QED) is 0.878. The maximum Gasteiger partial charge on any atom is 0.305 e. The molecule has 0 bridgehead atoms. The van der Waals surface area contributed by atoms with E-state index in [1.54, 1.807) is 16.7 Å². The van der Waals surface area contributed by atoms with Crippen LogP contribution in [0.2, 0.25) is 0 Å². The standard InChI is InChI=1S/C12H15NO5S3/c1-21(17,18)11-4-8(6-20-11)12(16)13-2-3-19-7-9(13)5-10(14)15/h4,6,9H,2-3,5,7H2,1H3,(H,14,15). The summed E-state index contributed by atoms with van der Waals surface area (Å²) in [5.41, 5.74) is 0.308. The zero-order valence-corrected chi connectivity index (χ0v) is 13.8. The van der Waals surface area contributed by atoms with Crippen molar-refractivity contribution >= 4 is 44.8 Å². The van der Waals surface area contributed by atoms with Gasteiger partial charge in [0.1, 0.15) is 4.21 Å². The van der Waals surface area contributed by atoms with Gasteiger partial charge in [0.25, 0.3) is 5.91 Å². The van der Waals surface area contributed by atoms with Gasteiger partial charge in [-0.05, 0) is 6.07 Å². The molecule has 2 rings (SSSR count). The summed E-state index contributed by atoms with van der Waals surface area (Å²) in [6.45, 7) is 0.478. The summed E-state index contributed by atoms with van der Waals surface area (Å²) in [7, 11) is -3.33. The highest BCUT2D eigenvalue weighted by Crippen LogP contribution is 2.25. The van der Waals surface area contributed by atoms with E-state index in [9.17, 15) is 18.0 Å². The molecule has 0 radical (unpaired) electrons. The molecular formula is C12H15NO5S3. The first-order chi connectivity index (χ1) is 9.79. The third-order valence-electron chi connectivity index (χ3n) is 3.09. The minimum Gasteiger partial charge on any atom is -0.481 e. The Morgan fingerprint density at radius 3 is 2.76 bits per heavy atom. The number of carbonyl (C=O) groups excluding carboxylic acids is 1. The average Bonchev–Trinajstić information content (AvgIpc) is 2.87. The molecule has 0 spiro atoms. The third kappa shape index (κ3) is 3.98. The lowest BCUT2D eigenvalue weighted by Crippen LogP contribution is -2.47. The molecule has 21 heavy (non-hydrogen) atoms. The number of amides is 1. The van der Waals surface area contributed by atoms with Crippen molar-refractivity contribution < 1.29 is 23.1 Å². The van der Waals surface area contributed by atoms with Gasteiger partial charge in [-0.1, -0.05) is 0 Å². The maximum absolute atomic E-state index is 12.5. The number of thioether (sulfide) groups is 1. The van der Waals surface area contributed by atoms with Crippen molar-refractivity contribution in [3.63, 3.8) is 0 Å². The maximum atomic E-state index is 12.5. The summed E-state index contributed by atoms with van der Waals surface area (Å²) in [6.07, 6.45) is 1.000.